The molecule has 2 aromatic heterocycles. The van der Waals surface area contributed by atoms with Crippen molar-refractivity contribution < 1.29 is 13.9 Å². The molecular formula is C14H18N4O3. The summed E-state index contributed by atoms with van der Waals surface area (Å²) >= 11 is 0. The maximum Gasteiger partial charge on any atom is 0.257 e. The normalized spacial score (nSPS) is 19.0. The highest BCUT2D eigenvalue weighted by atomic mass is 16.5. The van der Waals surface area contributed by atoms with Gasteiger partial charge >= 0.3 is 0 Å². The number of rotatable bonds is 2. The first-order chi connectivity index (χ1) is 10.0. The minimum Gasteiger partial charge on any atom is -0.466 e. The van der Waals surface area contributed by atoms with Gasteiger partial charge in [0.2, 0.25) is 0 Å². The van der Waals surface area contributed by atoms with Gasteiger partial charge in [-0.25, -0.2) is 4.98 Å². The van der Waals surface area contributed by atoms with E-state index in [2.05, 4.69) is 15.2 Å². The van der Waals surface area contributed by atoms with Gasteiger partial charge in [-0.3, -0.25) is 9.89 Å². The quantitative estimate of drug-likeness (QED) is 0.906. The zero-order chi connectivity index (χ0) is 15.0. The Morgan fingerprint density at radius 1 is 1.43 bits per heavy atom. The molecule has 3 rings (SSSR count). The molecule has 112 valence electrons. The van der Waals surface area contributed by atoms with Crippen LogP contribution in [0.15, 0.2) is 10.5 Å². The number of morpholine rings is 1. The van der Waals surface area contributed by atoms with Crippen molar-refractivity contribution in [2.75, 3.05) is 19.7 Å². The van der Waals surface area contributed by atoms with Crippen LogP contribution in [0.5, 0.6) is 0 Å². The minimum atomic E-state index is -0.291. The van der Waals surface area contributed by atoms with Crippen molar-refractivity contribution >= 4 is 5.91 Å². The molecule has 1 amide bonds. The van der Waals surface area contributed by atoms with Gasteiger partial charge < -0.3 is 14.1 Å². The maximum absolute atomic E-state index is 12.6. The van der Waals surface area contributed by atoms with Gasteiger partial charge in [-0.1, -0.05) is 0 Å². The number of aromatic nitrogens is 3. The molecule has 1 atom stereocenters. The Morgan fingerprint density at radius 2 is 2.24 bits per heavy atom. The van der Waals surface area contributed by atoms with Crippen molar-refractivity contribution in [2.24, 2.45) is 0 Å². The number of H-pyrrole nitrogens is 1. The van der Waals surface area contributed by atoms with Crippen molar-refractivity contribution in [2.45, 2.75) is 26.9 Å². The third-order valence-corrected chi connectivity index (χ3v) is 3.53. The highest BCUT2D eigenvalue weighted by Crippen LogP contribution is 2.22. The number of carbonyl (C=O) groups is 1. The fourth-order valence-electron chi connectivity index (χ4n) is 2.51. The Bertz CT molecular complexity index is 661. The fraction of sp³-hybridized carbons (Fsp3) is 0.500. The Hall–Kier alpha value is -2.15. The first kappa shape index (κ1) is 13.8. The Kier molecular flexibility index (Phi) is 3.50. The van der Waals surface area contributed by atoms with Crippen LogP contribution in [0.1, 0.15) is 39.6 Å². The lowest BCUT2D eigenvalue weighted by atomic mass is 10.2. The zero-order valence-electron chi connectivity index (χ0n) is 12.3. The average Bonchev–Trinajstić information content (AvgIpc) is 3.04. The molecule has 1 aliphatic rings. The molecule has 0 radical (unpaired) electrons. The molecule has 1 aliphatic heterocycles. The van der Waals surface area contributed by atoms with E-state index in [1.54, 1.807) is 17.9 Å². The molecule has 7 nitrogen and oxygen atoms in total. The van der Waals surface area contributed by atoms with E-state index in [9.17, 15) is 4.79 Å². The summed E-state index contributed by atoms with van der Waals surface area (Å²) < 4.78 is 11.1. The van der Waals surface area contributed by atoms with Crippen LogP contribution in [0.4, 0.5) is 0 Å². The van der Waals surface area contributed by atoms with Crippen LogP contribution in [0.2, 0.25) is 0 Å². The Morgan fingerprint density at radius 3 is 2.86 bits per heavy atom. The summed E-state index contributed by atoms with van der Waals surface area (Å²) in [5, 5.41) is 6.90. The summed E-state index contributed by atoms with van der Waals surface area (Å²) in [6, 6.07) is 1.78. The molecule has 7 heteroatoms. The second-order valence-corrected chi connectivity index (χ2v) is 5.22. The monoisotopic (exact) mass is 290 g/mol. The molecular weight excluding hydrogens is 272 g/mol. The molecule has 0 aromatic carbocycles. The standard InChI is InChI=1S/C14H18N4O3/c1-8-6-11(9(2)21-8)14(19)18-4-5-20-12(7-18)13-15-10(3)16-17-13/h6,12H,4-5,7H2,1-3H3,(H,15,16,17)/t12-/m1/s1. The zero-order valence-corrected chi connectivity index (χ0v) is 12.3. The van der Waals surface area contributed by atoms with E-state index in [1.807, 2.05) is 13.8 Å². The molecule has 0 aliphatic carbocycles. The first-order valence-electron chi connectivity index (χ1n) is 6.91. The van der Waals surface area contributed by atoms with Gasteiger partial charge in [-0.05, 0) is 26.8 Å². The van der Waals surface area contributed by atoms with E-state index in [-0.39, 0.29) is 12.0 Å². The Balaban J connectivity index is 1.77. The van der Waals surface area contributed by atoms with E-state index >= 15 is 0 Å². The minimum absolute atomic E-state index is 0.0371. The van der Waals surface area contributed by atoms with Crippen LogP contribution >= 0.6 is 0 Å². The summed E-state index contributed by atoms with van der Waals surface area (Å²) in [6.45, 7) is 6.95. The predicted octanol–water partition coefficient (Wildman–Crippen LogP) is 1.54. The van der Waals surface area contributed by atoms with Crippen molar-refractivity contribution in [1.82, 2.24) is 20.1 Å². The van der Waals surface area contributed by atoms with Gasteiger partial charge in [-0.15, -0.1) is 0 Å². The molecule has 0 unspecified atom stereocenters. The second kappa shape index (κ2) is 5.33. The van der Waals surface area contributed by atoms with Gasteiger partial charge in [0.1, 0.15) is 23.4 Å². The van der Waals surface area contributed by atoms with Crippen LogP contribution in [0.25, 0.3) is 0 Å². The van der Waals surface area contributed by atoms with E-state index in [4.69, 9.17) is 9.15 Å². The number of ether oxygens (including phenoxy) is 1. The largest absolute Gasteiger partial charge is 0.466 e. The van der Waals surface area contributed by atoms with Crippen LogP contribution in [0.3, 0.4) is 0 Å². The number of aromatic amines is 1. The molecule has 0 bridgehead atoms. The lowest BCUT2D eigenvalue weighted by molar-refractivity contribution is -0.0267. The van der Waals surface area contributed by atoms with Crippen molar-refractivity contribution in [3.63, 3.8) is 0 Å². The number of nitrogens with zero attached hydrogens (tertiary/aromatic N) is 3. The first-order valence-corrected chi connectivity index (χ1v) is 6.91. The van der Waals surface area contributed by atoms with Gasteiger partial charge in [0, 0.05) is 6.54 Å². The fourth-order valence-corrected chi connectivity index (χ4v) is 2.51. The van der Waals surface area contributed by atoms with E-state index in [0.29, 0.717) is 36.8 Å². The number of nitrogens with one attached hydrogen (secondary N) is 1. The van der Waals surface area contributed by atoms with Crippen LogP contribution < -0.4 is 0 Å². The van der Waals surface area contributed by atoms with E-state index in [0.717, 1.165) is 11.6 Å². The molecule has 0 spiro atoms. The maximum atomic E-state index is 12.6. The SMILES string of the molecule is Cc1nc([C@H]2CN(C(=O)c3cc(C)oc3C)CCO2)n[nH]1. The highest BCUT2D eigenvalue weighted by molar-refractivity contribution is 5.95. The number of amides is 1. The van der Waals surface area contributed by atoms with Gasteiger partial charge in [0.15, 0.2) is 5.82 Å². The topological polar surface area (TPSA) is 84.2 Å². The summed E-state index contributed by atoms with van der Waals surface area (Å²) in [4.78, 5) is 18.6. The summed E-state index contributed by atoms with van der Waals surface area (Å²) in [6.07, 6.45) is -0.291. The third-order valence-electron chi connectivity index (χ3n) is 3.53. The lowest BCUT2D eigenvalue weighted by Gasteiger charge is -2.31. The van der Waals surface area contributed by atoms with Gasteiger partial charge in [0.05, 0.1) is 18.7 Å². The summed E-state index contributed by atoms with van der Waals surface area (Å²) in [7, 11) is 0. The number of furan rings is 1. The number of hydrogen-bond acceptors (Lipinski definition) is 5. The molecule has 21 heavy (non-hydrogen) atoms. The highest BCUT2D eigenvalue weighted by Gasteiger charge is 2.29. The summed E-state index contributed by atoms with van der Waals surface area (Å²) in [5.74, 6) is 2.67. The van der Waals surface area contributed by atoms with Gasteiger partial charge in [-0.2, -0.15) is 5.10 Å². The van der Waals surface area contributed by atoms with Crippen LogP contribution in [-0.2, 0) is 4.74 Å². The number of carbonyl (C=O) groups excluding carboxylic acids is 1. The van der Waals surface area contributed by atoms with Crippen LogP contribution in [0, 0.1) is 20.8 Å². The van der Waals surface area contributed by atoms with E-state index < -0.39 is 0 Å². The summed E-state index contributed by atoms with van der Waals surface area (Å²) in [5.41, 5.74) is 0.610. The van der Waals surface area contributed by atoms with Gasteiger partial charge in [0.25, 0.3) is 5.91 Å². The number of aryl methyl sites for hydroxylation is 3. The second-order valence-electron chi connectivity index (χ2n) is 5.22. The Labute approximate surface area is 122 Å². The van der Waals surface area contributed by atoms with Crippen molar-refractivity contribution in [3.8, 4) is 0 Å². The lowest BCUT2D eigenvalue weighted by Crippen LogP contribution is -2.42. The van der Waals surface area contributed by atoms with Crippen molar-refractivity contribution in [3.05, 3.63) is 34.8 Å². The molecule has 0 saturated carbocycles. The molecule has 1 N–H and O–H groups in total. The van der Waals surface area contributed by atoms with Crippen LogP contribution in [-0.4, -0.2) is 45.7 Å². The smallest absolute Gasteiger partial charge is 0.257 e. The molecule has 1 saturated heterocycles. The molecule has 2 aromatic rings. The molecule has 1 fully saturated rings. The average molecular weight is 290 g/mol. The number of hydrogen-bond donors (Lipinski definition) is 1. The predicted molar refractivity (Wildman–Crippen MR) is 73.9 cm³/mol. The third kappa shape index (κ3) is 2.69. The van der Waals surface area contributed by atoms with E-state index in [1.165, 1.54) is 0 Å². The van der Waals surface area contributed by atoms with Crippen molar-refractivity contribution in [1.29, 1.82) is 0 Å². The molecule has 3 heterocycles.